The van der Waals surface area contributed by atoms with Crippen LogP contribution < -0.4 is 11.1 Å². The van der Waals surface area contributed by atoms with Gasteiger partial charge in [-0.25, -0.2) is 4.79 Å². The molecule has 3 N–H and O–H groups in total. The Kier molecular flexibility index (Phi) is 6.94. The molecular formula is C20H29N3O3. The number of carbonyl (C=O) groups excluding carboxylic acids is 2. The molecule has 3 unspecified atom stereocenters. The number of methoxy groups -OCH3 is 1. The van der Waals surface area contributed by atoms with Gasteiger partial charge < -0.3 is 15.8 Å². The molecule has 142 valence electrons. The van der Waals surface area contributed by atoms with Crippen molar-refractivity contribution in [2.24, 2.45) is 5.73 Å². The molecule has 1 aromatic rings. The van der Waals surface area contributed by atoms with Crippen molar-refractivity contribution in [3.63, 3.8) is 0 Å². The first kappa shape index (κ1) is 20.1. The van der Waals surface area contributed by atoms with Crippen LogP contribution in [0.2, 0.25) is 0 Å². The van der Waals surface area contributed by atoms with E-state index in [1.807, 2.05) is 56.1 Å². The molecule has 0 saturated carbocycles. The van der Waals surface area contributed by atoms with Crippen LogP contribution in [0.15, 0.2) is 24.3 Å². The van der Waals surface area contributed by atoms with Crippen molar-refractivity contribution >= 4 is 18.0 Å². The second-order valence-corrected chi connectivity index (χ2v) is 6.93. The number of hydrogen-bond acceptors (Lipinski definition) is 5. The van der Waals surface area contributed by atoms with Crippen molar-refractivity contribution in [2.75, 3.05) is 20.7 Å². The fraction of sp³-hybridized carbons (Fsp3) is 0.500. The molecule has 0 aromatic heterocycles. The van der Waals surface area contributed by atoms with Crippen molar-refractivity contribution < 1.29 is 14.3 Å². The first-order valence-electron chi connectivity index (χ1n) is 8.92. The van der Waals surface area contributed by atoms with Crippen LogP contribution >= 0.6 is 0 Å². The zero-order chi connectivity index (χ0) is 19.3. The average Bonchev–Trinajstić information content (AvgIpc) is 2.95. The Morgan fingerprint density at radius 1 is 1.46 bits per heavy atom. The van der Waals surface area contributed by atoms with Gasteiger partial charge in [-0.1, -0.05) is 30.4 Å². The highest BCUT2D eigenvalue weighted by Crippen LogP contribution is 2.17. The molecule has 0 spiro atoms. The number of likely N-dealkylation sites (tertiary alicyclic amines) is 1. The lowest BCUT2D eigenvalue weighted by Crippen LogP contribution is -2.49. The minimum absolute atomic E-state index is 0.0205. The molecule has 0 radical (unpaired) electrons. The van der Waals surface area contributed by atoms with E-state index >= 15 is 0 Å². The maximum Gasteiger partial charge on any atom is 0.328 e. The van der Waals surface area contributed by atoms with Crippen molar-refractivity contribution in [3.05, 3.63) is 41.0 Å². The quantitative estimate of drug-likeness (QED) is 0.747. The maximum atomic E-state index is 12.6. The van der Waals surface area contributed by atoms with Crippen LogP contribution in [-0.2, 0) is 20.7 Å². The fourth-order valence-corrected chi connectivity index (χ4v) is 3.36. The van der Waals surface area contributed by atoms with Crippen LogP contribution in [0, 0.1) is 6.92 Å². The predicted molar refractivity (Wildman–Crippen MR) is 103 cm³/mol. The molecule has 3 atom stereocenters. The van der Waals surface area contributed by atoms with Gasteiger partial charge in [0.15, 0.2) is 0 Å². The lowest BCUT2D eigenvalue weighted by molar-refractivity contribution is -0.145. The summed E-state index contributed by atoms with van der Waals surface area (Å²) in [6, 6.07) is 4.97. The van der Waals surface area contributed by atoms with E-state index in [1.165, 1.54) is 7.11 Å². The lowest BCUT2D eigenvalue weighted by atomic mass is 9.99. The number of likely N-dealkylation sites (N-methyl/N-ethyl adjacent to an activating group) is 1. The van der Waals surface area contributed by atoms with Gasteiger partial charge in [-0.2, -0.15) is 0 Å². The van der Waals surface area contributed by atoms with E-state index in [0.29, 0.717) is 19.4 Å². The van der Waals surface area contributed by atoms with Crippen LogP contribution in [0.1, 0.15) is 30.0 Å². The number of allylic oxidation sites excluding steroid dienone is 1. The van der Waals surface area contributed by atoms with Crippen LogP contribution in [0.25, 0.3) is 6.08 Å². The van der Waals surface area contributed by atoms with Gasteiger partial charge in [0.2, 0.25) is 5.91 Å². The number of amides is 1. The number of nitrogens with two attached hydrogens (primary N) is 1. The summed E-state index contributed by atoms with van der Waals surface area (Å²) in [4.78, 5) is 26.7. The third-order valence-corrected chi connectivity index (χ3v) is 4.82. The zero-order valence-corrected chi connectivity index (χ0v) is 16.0. The van der Waals surface area contributed by atoms with Crippen LogP contribution in [0.5, 0.6) is 0 Å². The van der Waals surface area contributed by atoms with Crippen molar-refractivity contribution in [1.82, 2.24) is 10.2 Å². The van der Waals surface area contributed by atoms with Gasteiger partial charge in [-0.15, -0.1) is 0 Å². The Hall–Kier alpha value is -2.18. The Morgan fingerprint density at radius 2 is 2.19 bits per heavy atom. The van der Waals surface area contributed by atoms with E-state index in [0.717, 1.165) is 16.7 Å². The number of carbonyl (C=O) groups is 2. The van der Waals surface area contributed by atoms with Crippen molar-refractivity contribution in [2.45, 2.75) is 44.8 Å². The zero-order valence-electron chi connectivity index (χ0n) is 16.0. The first-order valence-corrected chi connectivity index (χ1v) is 8.92. The van der Waals surface area contributed by atoms with E-state index in [9.17, 15) is 9.59 Å². The number of esters is 1. The highest BCUT2D eigenvalue weighted by Gasteiger charge is 2.34. The van der Waals surface area contributed by atoms with Gasteiger partial charge >= 0.3 is 5.97 Å². The van der Waals surface area contributed by atoms with Gasteiger partial charge in [0.1, 0.15) is 6.04 Å². The largest absolute Gasteiger partial charge is 0.467 e. The average molecular weight is 359 g/mol. The number of aryl methyl sites for hydroxylation is 1. The molecule has 0 aliphatic carbocycles. The molecule has 1 aliphatic heterocycles. The third-order valence-electron chi connectivity index (χ3n) is 4.82. The highest BCUT2D eigenvalue weighted by atomic mass is 16.5. The number of ether oxygens (including phenoxy) is 1. The van der Waals surface area contributed by atoms with Crippen LogP contribution in [0.4, 0.5) is 0 Å². The van der Waals surface area contributed by atoms with Crippen molar-refractivity contribution in [3.8, 4) is 0 Å². The summed E-state index contributed by atoms with van der Waals surface area (Å²) < 4.78 is 4.89. The van der Waals surface area contributed by atoms with E-state index in [1.54, 1.807) is 0 Å². The second-order valence-electron chi connectivity index (χ2n) is 6.93. The SMILES string of the molecule is C/C=C\c1cc(CC(NC(=O)C2CC(N)CN2C)C(=O)OC)ccc1C. The lowest BCUT2D eigenvalue weighted by Gasteiger charge is -2.22. The molecule has 1 fully saturated rings. The summed E-state index contributed by atoms with van der Waals surface area (Å²) in [5, 5.41) is 2.85. The number of benzene rings is 1. The molecule has 0 bridgehead atoms. The van der Waals surface area contributed by atoms with Gasteiger partial charge in [0, 0.05) is 19.0 Å². The summed E-state index contributed by atoms with van der Waals surface area (Å²) in [6.07, 6.45) is 4.97. The van der Waals surface area contributed by atoms with E-state index in [-0.39, 0.29) is 18.0 Å². The predicted octanol–water partition coefficient (Wildman–Crippen LogP) is 1.26. The summed E-state index contributed by atoms with van der Waals surface area (Å²) in [7, 11) is 3.20. The molecule has 6 heteroatoms. The Morgan fingerprint density at radius 3 is 2.77 bits per heavy atom. The van der Waals surface area contributed by atoms with Crippen LogP contribution in [0.3, 0.4) is 0 Å². The van der Waals surface area contributed by atoms with E-state index in [4.69, 9.17) is 10.5 Å². The third kappa shape index (κ3) is 4.93. The standard InChI is InChI=1S/C20H29N3O3/c1-5-6-15-9-14(8-7-13(15)2)10-17(20(25)26-4)22-19(24)18-11-16(21)12-23(18)3/h5-9,16-18H,10-12,21H2,1-4H3,(H,22,24)/b6-5-. The molecule has 26 heavy (non-hydrogen) atoms. The van der Waals surface area contributed by atoms with Gasteiger partial charge in [0.25, 0.3) is 0 Å². The fourth-order valence-electron chi connectivity index (χ4n) is 3.36. The number of nitrogens with one attached hydrogen (secondary N) is 1. The van der Waals surface area contributed by atoms with Crippen LogP contribution in [-0.4, -0.2) is 55.6 Å². The summed E-state index contributed by atoms with van der Waals surface area (Å²) in [5.74, 6) is -0.631. The molecule has 2 rings (SSSR count). The number of rotatable bonds is 6. The smallest absolute Gasteiger partial charge is 0.328 e. The minimum atomic E-state index is -0.723. The number of hydrogen-bond donors (Lipinski definition) is 2. The molecule has 1 aliphatic rings. The van der Waals surface area contributed by atoms with E-state index < -0.39 is 12.0 Å². The Bertz CT molecular complexity index is 687. The maximum absolute atomic E-state index is 12.6. The Labute approximate surface area is 155 Å². The second kappa shape index (κ2) is 8.96. The minimum Gasteiger partial charge on any atom is -0.467 e. The summed E-state index contributed by atoms with van der Waals surface area (Å²) >= 11 is 0. The van der Waals surface area contributed by atoms with Crippen molar-refractivity contribution in [1.29, 1.82) is 0 Å². The molecule has 1 amide bonds. The molecular weight excluding hydrogens is 330 g/mol. The molecule has 1 heterocycles. The first-order chi connectivity index (χ1) is 12.3. The van der Waals surface area contributed by atoms with E-state index in [2.05, 4.69) is 5.32 Å². The monoisotopic (exact) mass is 359 g/mol. The number of nitrogens with zero attached hydrogens (tertiary/aromatic N) is 1. The molecule has 1 saturated heterocycles. The van der Waals surface area contributed by atoms with Gasteiger partial charge in [-0.05, 0) is 44.0 Å². The summed E-state index contributed by atoms with van der Waals surface area (Å²) in [6.45, 7) is 4.68. The normalized spacial score (nSPS) is 21.7. The highest BCUT2D eigenvalue weighted by molar-refractivity contribution is 5.88. The van der Waals surface area contributed by atoms with Gasteiger partial charge in [-0.3, -0.25) is 9.69 Å². The molecule has 1 aromatic carbocycles. The van der Waals surface area contributed by atoms with Gasteiger partial charge in [0.05, 0.1) is 13.2 Å². The Balaban J connectivity index is 2.14. The summed E-state index contributed by atoms with van der Waals surface area (Å²) in [5.41, 5.74) is 9.16. The topological polar surface area (TPSA) is 84.7 Å². The molecule has 6 nitrogen and oxygen atoms in total.